The van der Waals surface area contributed by atoms with Crippen molar-refractivity contribution in [1.82, 2.24) is 4.72 Å². The Hall–Kier alpha value is -0.845. The Kier molecular flexibility index (Phi) is 2.82. The molecule has 0 radical (unpaired) electrons. The molecule has 0 bridgehead atoms. The third-order valence-corrected chi connectivity index (χ3v) is 3.85. The van der Waals surface area contributed by atoms with Crippen LogP contribution in [0.1, 0.15) is 12.8 Å². The van der Waals surface area contributed by atoms with Gasteiger partial charge in [0, 0.05) is 6.04 Å². The summed E-state index contributed by atoms with van der Waals surface area (Å²) in [4.78, 5) is 0.256. The van der Waals surface area contributed by atoms with Crippen molar-refractivity contribution < 1.29 is 13.4 Å². The number of rotatable bonds is 4. The van der Waals surface area contributed by atoms with Gasteiger partial charge in [-0.3, -0.25) is 0 Å². The van der Waals surface area contributed by atoms with Crippen LogP contribution in [0.2, 0.25) is 0 Å². The minimum absolute atomic E-state index is 0.0730. The highest BCUT2D eigenvalue weighted by Gasteiger charge is 2.27. The van der Waals surface area contributed by atoms with Crippen LogP contribution < -0.4 is 10.2 Å². The summed E-state index contributed by atoms with van der Waals surface area (Å²) < 4.78 is 26.0. The molecule has 0 aliphatic heterocycles. The van der Waals surface area contributed by atoms with Crippen LogP contribution in [0, 0.1) is 0 Å². The van der Waals surface area contributed by atoms with Crippen LogP contribution in [-0.4, -0.2) is 27.0 Å². The van der Waals surface area contributed by atoms with E-state index in [0.717, 1.165) is 12.8 Å². The monoisotopic (exact) mass is 225 g/mol. The molecule has 1 aliphatic carbocycles. The molecule has 1 aromatic rings. The first-order valence-electron chi connectivity index (χ1n) is 4.84. The minimum atomic E-state index is -3.35. The van der Waals surface area contributed by atoms with Crippen molar-refractivity contribution in [3.8, 4) is 0 Å². The summed E-state index contributed by atoms with van der Waals surface area (Å²) in [5, 5.41) is 8.82. The Morgan fingerprint density at radius 2 is 1.87 bits per heavy atom. The summed E-state index contributed by atoms with van der Waals surface area (Å²) in [5.74, 6) is 0. The van der Waals surface area contributed by atoms with Gasteiger partial charge in [0.05, 0.1) is 4.90 Å². The highest BCUT2D eigenvalue weighted by molar-refractivity contribution is 7.89. The zero-order valence-electron chi connectivity index (χ0n) is 8.18. The molecule has 15 heavy (non-hydrogen) atoms. The van der Waals surface area contributed by atoms with E-state index in [1.807, 2.05) is 0 Å². The number of hydrogen-bond donors (Lipinski definition) is 2. The molecule has 0 unspecified atom stereocenters. The smallest absolute Gasteiger partial charge is 0.304 e. The maximum atomic E-state index is 11.7. The van der Waals surface area contributed by atoms with Gasteiger partial charge in [0.1, 0.15) is 0 Å². The fourth-order valence-electron chi connectivity index (χ4n) is 1.26. The predicted octanol–water partition coefficient (Wildman–Crippen LogP) is -0.904. The zero-order chi connectivity index (χ0) is 10.9. The van der Waals surface area contributed by atoms with E-state index in [1.165, 1.54) is 12.1 Å². The van der Waals surface area contributed by atoms with Gasteiger partial charge < -0.3 is 5.02 Å². The van der Waals surface area contributed by atoms with Gasteiger partial charge in [0.15, 0.2) is 0 Å². The lowest BCUT2D eigenvalue weighted by molar-refractivity contribution is 0.581. The molecule has 0 saturated heterocycles. The van der Waals surface area contributed by atoms with Crippen molar-refractivity contribution in [3.05, 3.63) is 24.3 Å². The standard InChI is InChI=1S/C9H12BNO3S/c12-10-7-1-5-9(6-2-7)15(13,14)11-8-3-4-8/h1-2,5-6,8,10-12H,3-4H2. The molecule has 0 amide bonds. The SMILES string of the molecule is O=S(=O)(NC1CC1)c1ccc(BO)cc1. The van der Waals surface area contributed by atoms with Crippen LogP contribution in [0.4, 0.5) is 0 Å². The van der Waals surface area contributed by atoms with E-state index in [-0.39, 0.29) is 18.4 Å². The van der Waals surface area contributed by atoms with E-state index >= 15 is 0 Å². The number of sulfonamides is 1. The van der Waals surface area contributed by atoms with Crippen LogP contribution >= 0.6 is 0 Å². The molecule has 6 heteroatoms. The summed E-state index contributed by atoms with van der Waals surface area (Å²) in [6, 6.07) is 6.36. The van der Waals surface area contributed by atoms with Crippen molar-refractivity contribution in [1.29, 1.82) is 0 Å². The molecule has 1 fully saturated rings. The Bertz CT molecular complexity index is 439. The second kappa shape index (κ2) is 3.96. The molecule has 1 aromatic carbocycles. The van der Waals surface area contributed by atoms with E-state index in [4.69, 9.17) is 5.02 Å². The van der Waals surface area contributed by atoms with Crippen molar-refractivity contribution in [2.45, 2.75) is 23.8 Å². The normalized spacial score (nSPS) is 16.3. The van der Waals surface area contributed by atoms with Crippen molar-refractivity contribution in [3.63, 3.8) is 0 Å². The molecule has 2 N–H and O–H groups in total. The first kappa shape index (κ1) is 10.7. The summed E-state index contributed by atoms with van der Waals surface area (Å²) in [6.45, 7) is 0. The Morgan fingerprint density at radius 3 is 2.33 bits per heavy atom. The summed E-state index contributed by atoms with van der Waals surface area (Å²) in [5.41, 5.74) is 0.709. The highest BCUT2D eigenvalue weighted by Crippen LogP contribution is 2.21. The van der Waals surface area contributed by atoms with Crippen LogP contribution in [-0.2, 0) is 10.0 Å². The maximum Gasteiger partial charge on any atom is 0.304 e. The zero-order valence-corrected chi connectivity index (χ0v) is 9.00. The first-order chi connectivity index (χ1) is 7.12. The summed E-state index contributed by atoms with van der Waals surface area (Å²) in [7, 11) is -3.43. The fraction of sp³-hybridized carbons (Fsp3) is 0.333. The fourth-order valence-corrected chi connectivity index (χ4v) is 2.57. The number of benzene rings is 1. The van der Waals surface area contributed by atoms with Crippen LogP contribution in [0.15, 0.2) is 29.2 Å². The molecule has 1 aliphatic rings. The lowest BCUT2D eigenvalue weighted by Crippen LogP contribution is -2.26. The molecular weight excluding hydrogens is 213 g/mol. The van der Waals surface area contributed by atoms with E-state index < -0.39 is 10.0 Å². The molecule has 2 rings (SSSR count). The first-order valence-corrected chi connectivity index (χ1v) is 6.32. The van der Waals surface area contributed by atoms with Gasteiger partial charge in [-0.25, -0.2) is 13.1 Å². The van der Waals surface area contributed by atoms with Crippen molar-refractivity contribution in [2.75, 3.05) is 0 Å². The van der Waals surface area contributed by atoms with E-state index in [1.54, 1.807) is 12.1 Å². The number of hydrogen-bond acceptors (Lipinski definition) is 3. The number of nitrogens with one attached hydrogen (secondary N) is 1. The highest BCUT2D eigenvalue weighted by atomic mass is 32.2. The second-order valence-electron chi connectivity index (χ2n) is 3.70. The van der Waals surface area contributed by atoms with Gasteiger partial charge in [-0.1, -0.05) is 17.6 Å². The van der Waals surface area contributed by atoms with Gasteiger partial charge in [-0.05, 0) is 25.0 Å². The molecule has 0 aromatic heterocycles. The van der Waals surface area contributed by atoms with Crippen LogP contribution in [0.5, 0.6) is 0 Å². The van der Waals surface area contributed by atoms with Gasteiger partial charge in [0.2, 0.25) is 10.0 Å². The molecular formula is C9H12BNO3S. The molecule has 80 valence electrons. The van der Waals surface area contributed by atoms with E-state index in [2.05, 4.69) is 4.72 Å². The third-order valence-electron chi connectivity index (χ3n) is 2.32. The predicted molar refractivity (Wildman–Crippen MR) is 58.8 cm³/mol. The summed E-state index contributed by atoms with van der Waals surface area (Å²) >= 11 is 0. The Morgan fingerprint density at radius 1 is 1.27 bits per heavy atom. The Balaban J connectivity index is 2.19. The molecule has 0 heterocycles. The van der Waals surface area contributed by atoms with Gasteiger partial charge >= 0.3 is 7.48 Å². The Labute approximate surface area is 89.6 Å². The van der Waals surface area contributed by atoms with Gasteiger partial charge in [-0.15, -0.1) is 0 Å². The summed E-state index contributed by atoms with van der Waals surface area (Å²) in [6.07, 6.45) is 1.85. The van der Waals surface area contributed by atoms with Gasteiger partial charge in [0.25, 0.3) is 0 Å². The van der Waals surface area contributed by atoms with E-state index in [9.17, 15) is 8.42 Å². The maximum absolute atomic E-state index is 11.7. The van der Waals surface area contributed by atoms with Crippen LogP contribution in [0.25, 0.3) is 0 Å². The molecule has 4 nitrogen and oxygen atoms in total. The minimum Gasteiger partial charge on any atom is -0.449 e. The second-order valence-corrected chi connectivity index (χ2v) is 5.41. The van der Waals surface area contributed by atoms with Gasteiger partial charge in [-0.2, -0.15) is 0 Å². The largest absolute Gasteiger partial charge is 0.449 e. The lowest BCUT2D eigenvalue weighted by Gasteiger charge is -2.05. The van der Waals surface area contributed by atoms with E-state index in [0.29, 0.717) is 5.46 Å². The molecule has 0 spiro atoms. The average Bonchev–Trinajstić information content (AvgIpc) is 3.01. The topological polar surface area (TPSA) is 66.4 Å². The quantitative estimate of drug-likeness (QED) is 0.652. The van der Waals surface area contributed by atoms with Crippen molar-refractivity contribution in [2.24, 2.45) is 0 Å². The third kappa shape index (κ3) is 2.59. The lowest BCUT2D eigenvalue weighted by atomic mass is 9.89. The average molecular weight is 225 g/mol. The van der Waals surface area contributed by atoms with Crippen LogP contribution in [0.3, 0.4) is 0 Å². The molecule has 1 saturated carbocycles. The van der Waals surface area contributed by atoms with Crippen molar-refractivity contribution >= 4 is 23.0 Å². The molecule has 0 atom stereocenters.